The maximum Gasteiger partial charge on any atom is 0.271 e. The van der Waals surface area contributed by atoms with E-state index in [1.54, 1.807) is 0 Å². The van der Waals surface area contributed by atoms with E-state index in [0.717, 1.165) is 49.9 Å². The Labute approximate surface area is 167 Å². The van der Waals surface area contributed by atoms with Gasteiger partial charge in [-0.05, 0) is 44.9 Å². The van der Waals surface area contributed by atoms with Crippen molar-refractivity contribution in [3.05, 3.63) is 17.5 Å². The highest BCUT2D eigenvalue weighted by atomic mass is 32.2. The molecule has 0 saturated carbocycles. The number of carbonyl (C=O) groups excluding carboxylic acids is 1. The normalized spacial score (nSPS) is 24.5. The summed E-state index contributed by atoms with van der Waals surface area (Å²) in [5, 5.41) is 7.85. The zero-order valence-corrected chi connectivity index (χ0v) is 18.2. The van der Waals surface area contributed by atoms with Crippen molar-refractivity contribution in [2.45, 2.75) is 58.0 Å². The lowest BCUT2D eigenvalue weighted by Crippen LogP contribution is -2.59. The minimum absolute atomic E-state index is 0.0532. The molecule has 3 heterocycles. The van der Waals surface area contributed by atoms with Gasteiger partial charge in [0.1, 0.15) is 5.69 Å². The van der Waals surface area contributed by atoms with Crippen molar-refractivity contribution in [1.29, 1.82) is 0 Å². The Hall–Kier alpha value is -1.05. The van der Waals surface area contributed by atoms with Gasteiger partial charge in [0, 0.05) is 36.6 Å². The molecule has 2 saturated heterocycles. The summed E-state index contributed by atoms with van der Waals surface area (Å²) in [5.74, 6) is 2.48. The molecule has 0 spiro atoms. The van der Waals surface area contributed by atoms with Crippen LogP contribution in [0.3, 0.4) is 0 Å². The quantitative estimate of drug-likeness (QED) is 0.832. The summed E-state index contributed by atoms with van der Waals surface area (Å²) in [4.78, 5) is 15.4. The van der Waals surface area contributed by atoms with Crippen LogP contribution in [0.15, 0.2) is 6.07 Å². The van der Waals surface area contributed by atoms with E-state index in [0.29, 0.717) is 18.2 Å². The summed E-state index contributed by atoms with van der Waals surface area (Å²) >= 11 is 1.98. The van der Waals surface area contributed by atoms with E-state index in [1.165, 1.54) is 0 Å². The monoisotopic (exact) mass is 394 g/mol. The van der Waals surface area contributed by atoms with Crippen LogP contribution in [0.4, 0.5) is 0 Å². The standard InChI is InChI=1S/C20H34N4O2S/c1-15(2)17-12-16(22-24(17)19(3,4)5)18(25)21-13-20(6-11-27-14-20)23-7-9-26-10-8-23/h12,15H,6-11,13-14H2,1-5H3,(H,21,25)/t20-/m1/s1. The summed E-state index contributed by atoms with van der Waals surface area (Å²) in [6, 6.07) is 1.95. The highest BCUT2D eigenvalue weighted by molar-refractivity contribution is 7.99. The molecule has 0 bridgehead atoms. The van der Waals surface area contributed by atoms with Crippen molar-refractivity contribution in [2.75, 3.05) is 44.4 Å². The summed E-state index contributed by atoms with van der Waals surface area (Å²) in [6.07, 6.45) is 1.12. The predicted octanol–water partition coefficient (Wildman–Crippen LogP) is 2.70. The second-order valence-electron chi connectivity index (χ2n) is 9.00. The minimum atomic E-state index is -0.144. The number of hydrogen-bond donors (Lipinski definition) is 1. The van der Waals surface area contributed by atoms with Gasteiger partial charge in [0.25, 0.3) is 5.91 Å². The second-order valence-corrected chi connectivity index (χ2v) is 10.1. The van der Waals surface area contributed by atoms with Crippen molar-refractivity contribution in [1.82, 2.24) is 20.0 Å². The van der Waals surface area contributed by atoms with Gasteiger partial charge in [0.15, 0.2) is 0 Å². The Morgan fingerprint density at radius 2 is 2.07 bits per heavy atom. The summed E-state index contributed by atoms with van der Waals surface area (Å²) < 4.78 is 7.52. The molecule has 0 aliphatic carbocycles. The van der Waals surface area contributed by atoms with Gasteiger partial charge < -0.3 is 10.1 Å². The van der Waals surface area contributed by atoms with Crippen LogP contribution in [0.5, 0.6) is 0 Å². The smallest absolute Gasteiger partial charge is 0.271 e. The third-order valence-corrected chi connectivity index (χ3v) is 6.77. The fraction of sp³-hybridized carbons (Fsp3) is 0.800. The predicted molar refractivity (Wildman–Crippen MR) is 111 cm³/mol. The third kappa shape index (κ3) is 4.51. The summed E-state index contributed by atoms with van der Waals surface area (Å²) in [5.41, 5.74) is 1.54. The lowest BCUT2D eigenvalue weighted by atomic mass is 9.95. The first-order valence-corrected chi connectivity index (χ1v) is 11.2. The van der Waals surface area contributed by atoms with E-state index in [1.807, 2.05) is 22.5 Å². The zero-order chi connectivity index (χ0) is 19.7. The number of thioether (sulfide) groups is 1. The van der Waals surface area contributed by atoms with Crippen LogP contribution in [-0.4, -0.2) is 70.5 Å². The number of morpholine rings is 1. The Kier molecular flexibility index (Phi) is 6.23. The first-order valence-electron chi connectivity index (χ1n) is 10.0. The number of nitrogens with zero attached hydrogens (tertiary/aromatic N) is 3. The van der Waals surface area contributed by atoms with Crippen LogP contribution in [0.2, 0.25) is 0 Å². The fourth-order valence-electron chi connectivity index (χ4n) is 3.93. The molecular weight excluding hydrogens is 360 g/mol. The Morgan fingerprint density at radius 1 is 1.37 bits per heavy atom. The molecule has 0 aromatic carbocycles. The lowest BCUT2D eigenvalue weighted by Gasteiger charge is -2.43. The van der Waals surface area contributed by atoms with E-state index in [-0.39, 0.29) is 17.0 Å². The molecule has 0 unspecified atom stereocenters. The lowest BCUT2D eigenvalue weighted by molar-refractivity contribution is -0.0129. The largest absolute Gasteiger partial charge is 0.379 e. The molecular formula is C20H34N4O2S. The van der Waals surface area contributed by atoms with Gasteiger partial charge in [-0.2, -0.15) is 16.9 Å². The second kappa shape index (κ2) is 8.13. The Balaban J connectivity index is 1.73. The molecule has 152 valence electrons. The topological polar surface area (TPSA) is 59.4 Å². The van der Waals surface area contributed by atoms with Gasteiger partial charge in [-0.3, -0.25) is 14.4 Å². The van der Waals surface area contributed by atoms with Crippen molar-refractivity contribution in [2.24, 2.45) is 0 Å². The molecule has 1 aromatic rings. The zero-order valence-electron chi connectivity index (χ0n) is 17.4. The first kappa shape index (κ1) is 20.7. The molecule has 0 radical (unpaired) electrons. The van der Waals surface area contributed by atoms with Crippen LogP contribution < -0.4 is 5.32 Å². The molecule has 1 N–H and O–H groups in total. The average Bonchev–Trinajstić information content (AvgIpc) is 3.28. The maximum atomic E-state index is 12.9. The molecule has 1 aromatic heterocycles. The van der Waals surface area contributed by atoms with Gasteiger partial charge >= 0.3 is 0 Å². The van der Waals surface area contributed by atoms with Gasteiger partial charge in [-0.1, -0.05) is 13.8 Å². The van der Waals surface area contributed by atoms with Crippen LogP contribution in [0.25, 0.3) is 0 Å². The van der Waals surface area contributed by atoms with E-state index >= 15 is 0 Å². The van der Waals surface area contributed by atoms with Gasteiger partial charge in [0.05, 0.1) is 18.8 Å². The number of rotatable bonds is 5. The third-order valence-electron chi connectivity index (χ3n) is 5.54. The van der Waals surface area contributed by atoms with E-state index in [9.17, 15) is 4.79 Å². The average molecular weight is 395 g/mol. The van der Waals surface area contributed by atoms with Crippen molar-refractivity contribution in [3.8, 4) is 0 Å². The van der Waals surface area contributed by atoms with Crippen molar-refractivity contribution >= 4 is 17.7 Å². The molecule has 1 amide bonds. The van der Waals surface area contributed by atoms with Crippen LogP contribution in [0.1, 0.15) is 63.1 Å². The fourth-order valence-corrected chi connectivity index (χ4v) is 5.40. The SMILES string of the molecule is CC(C)c1cc(C(=O)NC[C@]2(N3CCOCC3)CCSC2)nn1C(C)(C)C. The Bertz CT molecular complexity index is 653. The number of ether oxygens (including phenoxy) is 1. The van der Waals surface area contributed by atoms with Crippen LogP contribution in [-0.2, 0) is 10.3 Å². The van der Waals surface area contributed by atoms with Crippen LogP contribution in [0, 0.1) is 0 Å². The van der Waals surface area contributed by atoms with E-state index in [2.05, 4.69) is 49.9 Å². The number of hydrogen-bond acceptors (Lipinski definition) is 5. The van der Waals surface area contributed by atoms with Gasteiger partial charge in [-0.15, -0.1) is 0 Å². The molecule has 1 atom stereocenters. The molecule has 2 aliphatic heterocycles. The maximum absolute atomic E-state index is 12.9. The Morgan fingerprint density at radius 3 is 2.59 bits per heavy atom. The molecule has 6 nitrogen and oxygen atoms in total. The highest BCUT2D eigenvalue weighted by Gasteiger charge is 2.41. The molecule has 2 aliphatic rings. The number of nitrogens with one attached hydrogen (secondary N) is 1. The van der Waals surface area contributed by atoms with E-state index in [4.69, 9.17) is 4.74 Å². The number of aromatic nitrogens is 2. The van der Waals surface area contributed by atoms with Crippen molar-refractivity contribution in [3.63, 3.8) is 0 Å². The molecule has 3 rings (SSSR count). The highest BCUT2D eigenvalue weighted by Crippen LogP contribution is 2.33. The molecule has 2 fully saturated rings. The van der Waals surface area contributed by atoms with Crippen molar-refractivity contribution < 1.29 is 9.53 Å². The van der Waals surface area contributed by atoms with Gasteiger partial charge in [0.2, 0.25) is 0 Å². The number of amides is 1. The van der Waals surface area contributed by atoms with E-state index < -0.39 is 0 Å². The van der Waals surface area contributed by atoms with Gasteiger partial charge in [-0.25, -0.2) is 0 Å². The summed E-state index contributed by atoms with van der Waals surface area (Å²) in [7, 11) is 0. The number of carbonyl (C=O) groups is 1. The minimum Gasteiger partial charge on any atom is -0.379 e. The molecule has 27 heavy (non-hydrogen) atoms. The first-order chi connectivity index (χ1) is 12.7. The molecule has 7 heteroatoms. The summed E-state index contributed by atoms with van der Waals surface area (Å²) in [6.45, 7) is 14.8. The van der Waals surface area contributed by atoms with Crippen LogP contribution >= 0.6 is 11.8 Å².